The number of nitrogens with one attached hydrogen (secondary N) is 1. The molecule has 31 heavy (non-hydrogen) atoms. The van der Waals surface area contributed by atoms with Gasteiger partial charge in [0.2, 0.25) is 0 Å². The molecule has 9 nitrogen and oxygen atoms in total. The lowest BCUT2D eigenvalue weighted by Crippen LogP contribution is -2.25. The summed E-state index contributed by atoms with van der Waals surface area (Å²) in [5, 5.41) is 2.82. The lowest BCUT2D eigenvalue weighted by atomic mass is 9.82. The highest BCUT2D eigenvalue weighted by atomic mass is 32.2. The molecule has 0 saturated heterocycles. The zero-order valence-corrected chi connectivity index (χ0v) is 17.2. The molecule has 0 atom stereocenters. The third-order valence-electron chi connectivity index (χ3n) is 4.84. The number of thiol groups is 1. The van der Waals surface area contributed by atoms with Gasteiger partial charge in [0.25, 0.3) is 10.1 Å². The number of fused-ring (bicyclic) bond motifs is 2. The summed E-state index contributed by atoms with van der Waals surface area (Å²) in [5.74, 6) is -1.21. The van der Waals surface area contributed by atoms with Crippen LogP contribution in [0.2, 0.25) is 0 Å². The van der Waals surface area contributed by atoms with Gasteiger partial charge in [-0.05, 0) is 30.3 Å². The standard InChI is InChI=1S/C20H14N2O7S2/c21-18-15(31(27,28)29)9-14(22-10-5-7-11(8-6-10)30(25)26)16-17(18)20(24)13-4-2-1-3-12(13)19(16)23/h1-9,22,30H,21H2,(H,27,28,29). The molecule has 0 radical (unpaired) electrons. The molecule has 0 aromatic heterocycles. The highest BCUT2D eigenvalue weighted by molar-refractivity contribution is 7.86. The van der Waals surface area contributed by atoms with Crippen molar-refractivity contribution in [3.63, 3.8) is 0 Å². The maximum absolute atomic E-state index is 13.2. The SMILES string of the molecule is Nc1c(S(=O)(=O)O)cc(Nc2ccc([SH](=O)=O)cc2)c2c1C(=O)c1ccccc1C2=O. The smallest absolute Gasteiger partial charge is 0.296 e. The minimum absolute atomic E-state index is 0.0543. The van der Waals surface area contributed by atoms with Crippen LogP contribution in [0.3, 0.4) is 0 Å². The Labute approximate surface area is 178 Å². The highest BCUT2D eigenvalue weighted by Gasteiger charge is 2.36. The normalized spacial score (nSPS) is 13.1. The van der Waals surface area contributed by atoms with Gasteiger partial charge in [0.05, 0.1) is 27.4 Å². The maximum Gasteiger partial charge on any atom is 0.296 e. The van der Waals surface area contributed by atoms with E-state index in [9.17, 15) is 31.0 Å². The second-order valence-corrected chi connectivity index (χ2v) is 9.11. The Bertz CT molecular complexity index is 1450. The molecule has 0 heterocycles. The summed E-state index contributed by atoms with van der Waals surface area (Å²) < 4.78 is 55.5. The second kappa shape index (κ2) is 7.30. The van der Waals surface area contributed by atoms with Crippen molar-refractivity contribution in [1.82, 2.24) is 0 Å². The number of carbonyl (C=O) groups excluding carboxylic acids is 2. The predicted octanol–water partition coefficient (Wildman–Crippen LogP) is 2.00. The first-order valence-electron chi connectivity index (χ1n) is 8.73. The van der Waals surface area contributed by atoms with Gasteiger partial charge in [-0.25, -0.2) is 8.42 Å². The highest BCUT2D eigenvalue weighted by Crippen LogP contribution is 2.40. The number of hydrogen-bond donors (Lipinski definition) is 4. The lowest BCUT2D eigenvalue weighted by molar-refractivity contribution is 0.0980. The van der Waals surface area contributed by atoms with Crippen molar-refractivity contribution < 1.29 is 31.0 Å². The van der Waals surface area contributed by atoms with Crippen LogP contribution in [0.15, 0.2) is 64.4 Å². The molecule has 4 rings (SSSR count). The molecule has 3 aromatic rings. The van der Waals surface area contributed by atoms with Gasteiger partial charge < -0.3 is 11.1 Å². The average molecular weight is 458 g/mol. The number of hydrogen-bond acceptors (Lipinski definition) is 8. The number of nitrogens with two attached hydrogens (primary N) is 1. The van der Waals surface area contributed by atoms with Gasteiger partial charge in [-0.1, -0.05) is 24.3 Å². The fourth-order valence-corrected chi connectivity index (χ4v) is 4.47. The van der Waals surface area contributed by atoms with Crippen molar-refractivity contribution in [3.8, 4) is 0 Å². The first kappa shape index (κ1) is 20.7. The van der Waals surface area contributed by atoms with Crippen molar-refractivity contribution in [1.29, 1.82) is 0 Å². The number of anilines is 3. The summed E-state index contributed by atoms with van der Waals surface area (Å²) in [6.07, 6.45) is 0. The summed E-state index contributed by atoms with van der Waals surface area (Å²) in [6.45, 7) is 0. The van der Waals surface area contributed by atoms with Gasteiger partial charge in [-0.2, -0.15) is 8.42 Å². The summed E-state index contributed by atoms with van der Waals surface area (Å²) in [4.78, 5) is 25.6. The molecule has 11 heteroatoms. The number of benzene rings is 3. The summed E-state index contributed by atoms with van der Waals surface area (Å²) in [6, 6.07) is 12.4. The zero-order valence-electron chi connectivity index (χ0n) is 15.5. The fraction of sp³-hybridized carbons (Fsp3) is 0. The fourth-order valence-electron chi connectivity index (χ4n) is 3.43. The molecule has 0 bridgehead atoms. The topological polar surface area (TPSA) is 161 Å². The van der Waals surface area contributed by atoms with Crippen molar-refractivity contribution in [3.05, 3.63) is 76.9 Å². The van der Waals surface area contributed by atoms with Crippen LogP contribution in [0.5, 0.6) is 0 Å². The molecule has 0 aliphatic heterocycles. The summed E-state index contributed by atoms with van der Waals surface area (Å²) in [7, 11) is -7.62. The first-order chi connectivity index (χ1) is 14.6. The Morgan fingerprint density at radius 2 is 1.42 bits per heavy atom. The second-order valence-electron chi connectivity index (χ2n) is 6.69. The maximum atomic E-state index is 13.2. The molecule has 0 unspecified atom stereocenters. The van der Waals surface area contributed by atoms with Gasteiger partial charge in [-0.3, -0.25) is 14.1 Å². The van der Waals surface area contributed by atoms with Gasteiger partial charge in [0, 0.05) is 16.8 Å². The third-order valence-corrected chi connectivity index (χ3v) is 6.45. The van der Waals surface area contributed by atoms with Crippen molar-refractivity contribution in [2.45, 2.75) is 9.79 Å². The van der Waals surface area contributed by atoms with Crippen molar-refractivity contribution in [2.75, 3.05) is 11.1 Å². The minimum atomic E-state index is -4.83. The largest absolute Gasteiger partial charge is 0.397 e. The average Bonchev–Trinajstić information content (AvgIpc) is 2.72. The lowest BCUT2D eigenvalue weighted by Gasteiger charge is -2.23. The first-order valence-corrected chi connectivity index (χ1v) is 11.3. The van der Waals surface area contributed by atoms with Gasteiger partial charge in [0.15, 0.2) is 22.3 Å². The van der Waals surface area contributed by atoms with Crippen LogP contribution in [-0.4, -0.2) is 33.0 Å². The van der Waals surface area contributed by atoms with E-state index >= 15 is 0 Å². The van der Waals surface area contributed by atoms with E-state index in [1.807, 2.05) is 0 Å². The Balaban J connectivity index is 1.97. The quantitative estimate of drug-likeness (QED) is 0.204. The van der Waals surface area contributed by atoms with Crippen molar-refractivity contribution in [2.24, 2.45) is 0 Å². The molecule has 158 valence electrons. The van der Waals surface area contributed by atoms with Gasteiger partial charge in [0.1, 0.15) is 4.90 Å². The Morgan fingerprint density at radius 1 is 0.871 bits per heavy atom. The van der Waals surface area contributed by atoms with Crippen LogP contribution in [0.4, 0.5) is 17.1 Å². The molecule has 0 spiro atoms. The molecule has 1 aliphatic rings. The van der Waals surface area contributed by atoms with E-state index in [2.05, 4.69) is 5.32 Å². The van der Waals surface area contributed by atoms with E-state index in [1.54, 1.807) is 12.1 Å². The van der Waals surface area contributed by atoms with E-state index in [-0.39, 0.29) is 32.8 Å². The Kier molecular flexibility index (Phi) is 4.88. The molecular formula is C20H14N2O7S2. The van der Waals surface area contributed by atoms with Crippen LogP contribution in [0.25, 0.3) is 0 Å². The molecule has 0 amide bonds. The van der Waals surface area contributed by atoms with E-state index < -0.39 is 43.0 Å². The monoisotopic (exact) mass is 458 g/mol. The van der Waals surface area contributed by atoms with Crippen LogP contribution < -0.4 is 11.1 Å². The minimum Gasteiger partial charge on any atom is -0.397 e. The third kappa shape index (κ3) is 3.48. The van der Waals surface area contributed by atoms with Crippen LogP contribution in [0.1, 0.15) is 31.8 Å². The van der Waals surface area contributed by atoms with E-state index in [4.69, 9.17) is 5.73 Å². The van der Waals surface area contributed by atoms with Gasteiger partial charge in [-0.15, -0.1) is 0 Å². The molecule has 4 N–H and O–H groups in total. The predicted molar refractivity (Wildman–Crippen MR) is 112 cm³/mol. The van der Waals surface area contributed by atoms with E-state index in [0.717, 1.165) is 6.07 Å². The van der Waals surface area contributed by atoms with Crippen LogP contribution in [-0.2, 0) is 20.8 Å². The summed E-state index contributed by atoms with van der Waals surface area (Å²) >= 11 is 0. The van der Waals surface area contributed by atoms with Crippen molar-refractivity contribution >= 4 is 49.5 Å². The molecule has 3 aromatic carbocycles. The molecule has 0 fully saturated rings. The number of rotatable bonds is 4. The number of carbonyl (C=O) groups is 2. The van der Waals surface area contributed by atoms with Crippen LogP contribution >= 0.6 is 0 Å². The molecule has 0 saturated carbocycles. The van der Waals surface area contributed by atoms with E-state index in [1.165, 1.54) is 36.4 Å². The Hall–Kier alpha value is -3.54. The van der Waals surface area contributed by atoms with Gasteiger partial charge >= 0.3 is 0 Å². The van der Waals surface area contributed by atoms with Crippen LogP contribution in [0, 0.1) is 0 Å². The number of ketones is 2. The molecular weight excluding hydrogens is 444 g/mol. The number of nitrogen functional groups attached to an aromatic ring is 1. The van der Waals surface area contributed by atoms with E-state index in [0.29, 0.717) is 5.69 Å². The zero-order chi connectivity index (χ0) is 22.5. The molecule has 1 aliphatic carbocycles. The summed E-state index contributed by atoms with van der Waals surface area (Å²) in [5.41, 5.74) is 5.32. The Morgan fingerprint density at radius 3 is 1.94 bits per heavy atom.